The van der Waals surface area contributed by atoms with Gasteiger partial charge >= 0.3 is 0 Å². The number of thiophene rings is 1. The van der Waals surface area contributed by atoms with Crippen LogP contribution in [0.4, 0.5) is 0 Å². The van der Waals surface area contributed by atoms with Crippen LogP contribution in [0.1, 0.15) is 38.6 Å². The molecule has 0 bridgehead atoms. The number of hydrogen-bond donors (Lipinski definition) is 1. The molecule has 2 aromatic heterocycles. The van der Waals surface area contributed by atoms with E-state index in [1.165, 1.54) is 17.5 Å². The summed E-state index contributed by atoms with van der Waals surface area (Å²) >= 11 is 1.53. The Labute approximate surface area is 123 Å². The Hall–Kier alpha value is -1.18. The number of hydrogen-bond acceptors (Lipinski definition) is 4. The molecule has 7 heteroatoms. The first-order chi connectivity index (χ1) is 9.22. The fourth-order valence-corrected chi connectivity index (χ4v) is 4.02. The third kappa shape index (κ3) is 3.11. The monoisotopic (exact) mass is 313 g/mol. The van der Waals surface area contributed by atoms with Gasteiger partial charge in [0.25, 0.3) is 0 Å². The van der Waals surface area contributed by atoms with E-state index in [0.717, 1.165) is 4.88 Å². The number of nitrogens with zero attached hydrogens (tertiary/aromatic N) is 2. The minimum absolute atomic E-state index is 0.129. The first-order valence-electron chi connectivity index (χ1n) is 6.34. The molecule has 20 heavy (non-hydrogen) atoms. The number of sulfonamides is 1. The Morgan fingerprint density at radius 3 is 2.60 bits per heavy atom. The van der Waals surface area contributed by atoms with Crippen molar-refractivity contribution in [2.75, 3.05) is 0 Å². The number of rotatable bonds is 5. The van der Waals surface area contributed by atoms with Crippen molar-refractivity contribution in [3.8, 4) is 0 Å². The minimum atomic E-state index is -3.58. The van der Waals surface area contributed by atoms with E-state index in [9.17, 15) is 8.42 Å². The smallest absolute Gasteiger partial charge is 0.244 e. The lowest BCUT2D eigenvalue weighted by molar-refractivity contribution is 0.479. The van der Waals surface area contributed by atoms with Crippen LogP contribution in [-0.2, 0) is 15.6 Å². The molecule has 0 saturated heterocycles. The molecule has 0 amide bonds. The zero-order chi connectivity index (χ0) is 15.0. The van der Waals surface area contributed by atoms with Crippen molar-refractivity contribution >= 4 is 21.4 Å². The van der Waals surface area contributed by atoms with E-state index in [1.54, 1.807) is 10.9 Å². The lowest BCUT2D eigenvalue weighted by Gasteiger charge is -2.24. The molecule has 0 spiro atoms. The molecule has 0 saturated carbocycles. The summed E-state index contributed by atoms with van der Waals surface area (Å²) < 4.78 is 29.2. The van der Waals surface area contributed by atoms with Gasteiger partial charge in [0.15, 0.2) is 0 Å². The zero-order valence-electron chi connectivity index (χ0n) is 12.0. The van der Waals surface area contributed by atoms with Crippen molar-refractivity contribution in [2.24, 2.45) is 0 Å². The van der Waals surface area contributed by atoms with Gasteiger partial charge < -0.3 is 0 Å². The maximum atomic E-state index is 12.4. The molecular formula is C13H19N3O2S2. The van der Waals surface area contributed by atoms with Crippen molar-refractivity contribution in [1.82, 2.24) is 14.5 Å². The second kappa shape index (κ2) is 5.31. The lowest BCUT2D eigenvalue weighted by Crippen LogP contribution is -2.40. The van der Waals surface area contributed by atoms with Crippen LogP contribution in [0.15, 0.2) is 34.8 Å². The van der Waals surface area contributed by atoms with Gasteiger partial charge in [-0.3, -0.25) is 4.68 Å². The van der Waals surface area contributed by atoms with Crippen LogP contribution in [-0.4, -0.2) is 18.2 Å². The maximum Gasteiger partial charge on any atom is 0.244 e. The van der Waals surface area contributed by atoms with Crippen LogP contribution in [0.25, 0.3) is 0 Å². The van der Waals surface area contributed by atoms with Crippen molar-refractivity contribution < 1.29 is 8.42 Å². The molecule has 0 unspecified atom stereocenters. The molecule has 0 aliphatic rings. The summed E-state index contributed by atoms with van der Waals surface area (Å²) in [6.45, 7) is 7.60. The third-order valence-electron chi connectivity index (χ3n) is 2.94. The maximum absolute atomic E-state index is 12.4. The number of nitrogens with one attached hydrogen (secondary N) is 1. The van der Waals surface area contributed by atoms with Crippen molar-refractivity contribution in [3.05, 3.63) is 34.8 Å². The van der Waals surface area contributed by atoms with E-state index in [-0.39, 0.29) is 10.9 Å². The highest BCUT2D eigenvalue weighted by Crippen LogP contribution is 2.27. The van der Waals surface area contributed by atoms with Gasteiger partial charge in [0, 0.05) is 17.1 Å². The predicted molar refractivity (Wildman–Crippen MR) is 80.3 cm³/mol. The Bertz CT molecular complexity index is 670. The molecular weight excluding hydrogens is 294 g/mol. The second-order valence-electron chi connectivity index (χ2n) is 5.46. The summed E-state index contributed by atoms with van der Waals surface area (Å²) in [6, 6.07) is 3.96. The van der Waals surface area contributed by atoms with E-state index in [2.05, 4.69) is 9.82 Å². The van der Waals surface area contributed by atoms with Crippen LogP contribution < -0.4 is 4.72 Å². The van der Waals surface area contributed by atoms with Gasteiger partial charge in [-0.1, -0.05) is 6.07 Å². The zero-order valence-corrected chi connectivity index (χ0v) is 13.6. The minimum Gasteiger partial charge on any atom is -0.269 e. The van der Waals surface area contributed by atoms with Gasteiger partial charge in [0.2, 0.25) is 10.0 Å². The fourth-order valence-electron chi connectivity index (χ4n) is 1.82. The first kappa shape index (κ1) is 15.2. The van der Waals surface area contributed by atoms with Gasteiger partial charge in [-0.05, 0) is 39.1 Å². The van der Waals surface area contributed by atoms with Crippen molar-refractivity contribution in [3.63, 3.8) is 0 Å². The van der Waals surface area contributed by atoms with Gasteiger partial charge in [-0.15, -0.1) is 11.3 Å². The SMILES string of the molecule is CC(C)n1cc(S(=O)(=O)NC(C)(C)c2cccs2)cn1. The van der Waals surface area contributed by atoms with Gasteiger partial charge in [0.05, 0.1) is 11.7 Å². The molecule has 2 rings (SSSR count). The third-order valence-corrected chi connectivity index (χ3v) is 5.75. The molecule has 0 fully saturated rings. The van der Waals surface area contributed by atoms with Crippen LogP contribution in [0.5, 0.6) is 0 Å². The van der Waals surface area contributed by atoms with Gasteiger partial charge in [0.1, 0.15) is 4.90 Å². The van der Waals surface area contributed by atoms with E-state index in [0.29, 0.717) is 0 Å². The topological polar surface area (TPSA) is 64.0 Å². The normalized spacial score (nSPS) is 13.1. The van der Waals surface area contributed by atoms with E-state index >= 15 is 0 Å². The van der Waals surface area contributed by atoms with E-state index in [4.69, 9.17) is 0 Å². The summed E-state index contributed by atoms with van der Waals surface area (Å²) in [5, 5.41) is 6.01. The summed E-state index contributed by atoms with van der Waals surface area (Å²) in [5.74, 6) is 0. The van der Waals surface area contributed by atoms with E-state index < -0.39 is 15.6 Å². The highest BCUT2D eigenvalue weighted by atomic mass is 32.2. The van der Waals surface area contributed by atoms with Crippen LogP contribution >= 0.6 is 11.3 Å². The molecule has 0 aromatic carbocycles. The largest absolute Gasteiger partial charge is 0.269 e. The molecule has 5 nitrogen and oxygen atoms in total. The molecule has 0 atom stereocenters. The number of aromatic nitrogens is 2. The Balaban J connectivity index is 2.27. The van der Waals surface area contributed by atoms with Crippen molar-refractivity contribution in [2.45, 2.75) is 44.2 Å². The Morgan fingerprint density at radius 1 is 1.40 bits per heavy atom. The first-order valence-corrected chi connectivity index (χ1v) is 8.71. The summed E-state index contributed by atoms with van der Waals surface area (Å²) in [6.07, 6.45) is 2.93. The molecule has 110 valence electrons. The average Bonchev–Trinajstić information content (AvgIpc) is 3.00. The Morgan fingerprint density at radius 2 is 2.10 bits per heavy atom. The summed E-state index contributed by atoms with van der Waals surface area (Å²) in [4.78, 5) is 1.16. The molecule has 2 heterocycles. The molecule has 1 N–H and O–H groups in total. The second-order valence-corrected chi connectivity index (χ2v) is 8.09. The van der Waals surface area contributed by atoms with Crippen LogP contribution in [0, 0.1) is 0 Å². The molecule has 0 aliphatic carbocycles. The van der Waals surface area contributed by atoms with Crippen LogP contribution in [0.3, 0.4) is 0 Å². The van der Waals surface area contributed by atoms with Gasteiger partial charge in [-0.25, -0.2) is 13.1 Å². The summed E-state index contributed by atoms with van der Waals surface area (Å²) in [5.41, 5.74) is -0.646. The molecule has 0 aliphatic heterocycles. The molecule has 0 radical (unpaired) electrons. The van der Waals surface area contributed by atoms with Crippen LogP contribution in [0.2, 0.25) is 0 Å². The standard InChI is InChI=1S/C13H19N3O2S2/c1-10(2)16-9-11(8-14-16)20(17,18)15-13(3,4)12-6-5-7-19-12/h5-10,15H,1-4H3. The highest BCUT2D eigenvalue weighted by Gasteiger charge is 2.29. The predicted octanol–water partition coefficient (Wildman–Crippen LogP) is 2.74. The Kier molecular flexibility index (Phi) is 4.04. The quantitative estimate of drug-likeness (QED) is 0.923. The van der Waals surface area contributed by atoms with Gasteiger partial charge in [-0.2, -0.15) is 5.10 Å². The lowest BCUT2D eigenvalue weighted by atomic mass is 10.1. The highest BCUT2D eigenvalue weighted by molar-refractivity contribution is 7.89. The average molecular weight is 313 g/mol. The fraction of sp³-hybridized carbons (Fsp3) is 0.462. The van der Waals surface area contributed by atoms with E-state index in [1.807, 2.05) is 45.2 Å². The van der Waals surface area contributed by atoms with Crippen molar-refractivity contribution in [1.29, 1.82) is 0 Å². The molecule has 2 aromatic rings. The summed E-state index contributed by atoms with van der Waals surface area (Å²) in [7, 11) is -3.58.